The predicted octanol–water partition coefficient (Wildman–Crippen LogP) is 2.10. The first-order chi connectivity index (χ1) is 13.2. The SMILES string of the molecule is Cl.NC/C(=C\F)Cn1ncn(Cc2ccc(-c3ccn4ncnc4c3)s2)c1=O. The van der Waals surface area contributed by atoms with Gasteiger partial charge >= 0.3 is 5.69 Å². The molecular formula is C17H17ClFN7OS. The molecule has 0 saturated carbocycles. The maximum Gasteiger partial charge on any atom is 0.346 e. The van der Waals surface area contributed by atoms with E-state index < -0.39 is 0 Å². The summed E-state index contributed by atoms with van der Waals surface area (Å²) in [6, 6.07) is 7.92. The van der Waals surface area contributed by atoms with Crippen LogP contribution in [-0.2, 0) is 13.1 Å². The topological polar surface area (TPSA) is 96.0 Å². The molecule has 28 heavy (non-hydrogen) atoms. The Hall–Kier alpha value is -2.82. The van der Waals surface area contributed by atoms with Crippen molar-refractivity contribution in [3.8, 4) is 10.4 Å². The molecule has 0 saturated heterocycles. The summed E-state index contributed by atoms with van der Waals surface area (Å²) < 4.78 is 17.1. The summed E-state index contributed by atoms with van der Waals surface area (Å²) in [4.78, 5) is 18.7. The van der Waals surface area contributed by atoms with Crippen LogP contribution in [0, 0.1) is 0 Å². The van der Waals surface area contributed by atoms with Crippen molar-refractivity contribution in [1.29, 1.82) is 0 Å². The number of thiophene rings is 1. The van der Waals surface area contributed by atoms with Gasteiger partial charge in [0.2, 0.25) is 0 Å². The van der Waals surface area contributed by atoms with E-state index in [1.807, 2.05) is 30.5 Å². The van der Waals surface area contributed by atoms with Crippen molar-refractivity contribution < 1.29 is 4.39 Å². The van der Waals surface area contributed by atoms with Crippen LogP contribution in [0.3, 0.4) is 0 Å². The molecule has 0 aliphatic carbocycles. The van der Waals surface area contributed by atoms with Gasteiger partial charge in [0.25, 0.3) is 0 Å². The van der Waals surface area contributed by atoms with Gasteiger partial charge in [0.1, 0.15) is 12.7 Å². The van der Waals surface area contributed by atoms with Crippen LogP contribution < -0.4 is 11.4 Å². The van der Waals surface area contributed by atoms with E-state index in [2.05, 4.69) is 15.2 Å². The van der Waals surface area contributed by atoms with Crippen LogP contribution in [0.1, 0.15) is 4.88 Å². The first-order valence-corrected chi connectivity index (χ1v) is 8.98. The quantitative estimate of drug-likeness (QED) is 0.514. The molecular weight excluding hydrogens is 405 g/mol. The summed E-state index contributed by atoms with van der Waals surface area (Å²) in [5.74, 6) is 0. The summed E-state index contributed by atoms with van der Waals surface area (Å²) in [6.07, 6.45) is 5.25. The van der Waals surface area contributed by atoms with Crippen molar-refractivity contribution in [2.75, 3.05) is 6.54 Å². The molecule has 0 spiro atoms. The lowest BCUT2D eigenvalue weighted by atomic mass is 10.2. The number of hydrogen-bond acceptors (Lipinski definition) is 6. The lowest BCUT2D eigenvalue weighted by Crippen LogP contribution is -2.26. The van der Waals surface area contributed by atoms with Gasteiger partial charge in [0, 0.05) is 22.5 Å². The third-order valence-electron chi connectivity index (χ3n) is 4.12. The highest BCUT2D eigenvalue weighted by Crippen LogP contribution is 2.28. The van der Waals surface area contributed by atoms with Crippen molar-refractivity contribution in [1.82, 2.24) is 28.9 Å². The summed E-state index contributed by atoms with van der Waals surface area (Å²) in [5, 5.41) is 8.12. The second kappa shape index (κ2) is 8.46. The standard InChI is InChI=1S/C17H16FN7OS.ClH/c18-6-12(7-19)8-25-17(26)23(11-22-25)9-14-1-2-15(27-14)13-3-4-24-16(5-13)20-10-21-24;/h1-6,10-11H,7-9,19H2;1H/b12-6+;. The van der Waals surface area contributed by atoms with Gasteiger partial charge in [-0.05, 0) is 35.4 Å². The summed E-state index contributed by atoms with van der Waals surface area (Å²) in [6.45, 7) is 0.487. The first kappa shape index (κ1) is 19.9. The number of halogens is 2. The largest absolute Gasteiger partial charge is 0.346 e. The van der Waals surface area contributed by atoms with Crippen LogP contribution in [-0.4, -0.2) is 35.5 Å². The Bertz CT molecular complexity index is 1180. The van der Waals surface area contributed by atoms with Crippen molar-refractivity contribution in [3.05, 3.63) is 70.4 Å². The highest BCUT2D eigenvalue weighted by atomic mass is 35.5. The van der Waals surface area contributed by atoms with E-state index in [4.69, 9.17) is 5.73 Å². The number of hydrogen-bond donors (Lipinski definition) is 1. The Labute approximate surface area is 169 Å². The molecule has 0 aromatic carbocycles. The smallest absolute Gasteiger partial charge is 0.327 e. The van der Waals surface area contributed by atoms with Gasteiger partial charge in [-0.1, -0.05) is 0 Å². The molecule has 0 unspecified atom stereocenters. The fraction of sp³-hybridized carbons (Fsp3) is 0.176. The van der Waals surface area contributed by atoms with Crippen LogP contribution in [0.2, 0.25) is 0 Å². The molecule has 0 aliphatic heterocycles. The zero-order valence-corrected chi connectivity index (χ0v) is 16.2. The fourth-order valence-electron chi connectivity index (χ4n) is 2.68. The van der Waals surface area contributed by atoms with Crippen LogP contribution in [0.25, 0.3) is 16.1 Å². The van der Waals surface area contributed by atoms with Gasteiger partial charge in [-0.25, -0.2) is 23.4 Å². The Morgan fingerprint density at radius 3 is 2.93 bits per heavy atom. The highest BCUT2D eigenvalue weighted by Gasteiger charge is 2.10. The minimum absolute atomic E-state index is 0. The summed E-state index contributed by atoms with van der Waals surface area (Å²) in [5.41, 5.74) is 7.25. The summed E-state index contributed by atoms with van der Waals surface area (Å²) in [7, 11) is 0. The van der Waals surface area contributed by atoms with E-state index in [9.17, 15) is 9.18 Å². The van der Waals surface area contributed by atoms with Crippen molar-refractivity contribution in [2.24, 2.45) is 5.73 Å². The van der Waals surface area contributed by atoms with Crippen molar-refractivity contribution in [2.45, 2.75) is 13.1 Å². The average molecular weight is 422 g/mol. The molecule has 0 radical (unpaired) electrons. The molecule has 4 aromatic heterocycles. The molecule has 0 bridgehead atoms. The van der Waals surface area contributed by atoms with Crippen LogP contribution >= 0.6 is 23.7 Å². The van der Waals surface area contributed by atoms with Crippen LogP contribution in [0.5, 0.6) is 0 Å². The van der Waals surface area contributed by atoms with E-state index in [-0.39, 0.29) is 31.2 Å². The number of fused-ring (bicyclic) bond motifs is 1. The normalized spacial score (nSPS) is 11.7. The van der Waals surface area contributed by atoms with Crippen LogP contribution in [0.4, 0.5) is 4.39 Å². The van der Waals surface area contributed by atoms with E-state index in [1.54, 1.807) is 15.9 Å². The fourth-order valence-corrected chi connectivity index (χ4v) is 3.68. The second-order valence-corrected chi connectivity index (χ2v) is 7.08. The van der Waals surface area contributed by atoms with Gasteiger partial charge in [0.15, 0.2) is 5.65 Å². The maximum absolute atomic E-state index is 12.7. The average Bonchev–Trinajstić information content (AvgIpc) is 3.41. The van der Waals surface area contributed by atoms with E-state index in [0.717, 1.165) is 21.0 Å². The molecule has 0 aliphatic rings. The van der Waals surface area contributed by atoms with E-state index in [0.29, 0.717) is 18.4 Å². The molecule has 0 amide bonds. The molecule has 0 atom stereocenters. The summed E-state index contributed by atoms with van der Waals surface area (Å²) >= 11 is 1.59. The lowest BCUT2D eigenvalue weighted by Gasteiger charge is -2.01. The number of nitrogens with two attached hydrogens (primary N) is 1. The first-order valence-electron chi connectivity index (χ1n) is 8.17. The van der Waals surface area contributed by atoms with Crippen molar-refractivity contribution >= 4 is 29.4 Å². The minimum atomic E-state index is -0.303. The molecule has 4 heterocycles. The van der Waals surface area contributed by atoms with Gasteiger partial charge in [-0.15, -0.1) is 23.7 Å². The van der Waals surface area contributed by atoms with Crippen molar-refractivity contribution in [3.63, 3.8) is 0 Å². The monoisotopic (exact) mass is 421 g/mol. The molecule has 2 N–H and O–H groups in total. The third kappa shape index (κ3) is 3.88. The molecule has 11 heteroatoms. The second-order valence-electron chi connectivity index (χ2n) is 5.91. The highest BCUT2D eigenvalue weighted by molar-refractivity contribution is 7.15. The van der Waals surface area contributed by atoms with E-state index in [1.165, 1.54) is 21.9 Å². The Morgan fingerprint density at radius 2 is 2.14 bits per heavy atom. The van der Waals surface area contributed by atoms with Crippen LogP contribution in [0.15, 0.2) is 59.8 Å². The predicted molar refractivity (Wildman–Crippen MR) is 107 cm³/mol. The zero-order chi connectivity index (χ0) is 18.8. The zero-order valence-electron chi connectivity index (χ0n) is 14.6. The molecule has 4 aromatic rings. The third-order valence-corrected chi connectivity index (χ3v) is 5.24. The minimum Gasteiger partial charge on any atom is -0.327 e. The number of nitrogens with zero attached hydrogens (tertiary/aromatic N) is 6. The number of rotatable bonds is 6. The van der Waals surface area contributed by atoms with Gasteiger partial charge in [-0.2, -0.15) is 10.2 Å². The number of aromatic nitrogens is 6. The molecule has 0 fully saturated rings. The molecule has 146 valence electrons. The Morgan fingerprint density at radius 1 is 1.29 bits per heavy atom. The molecule has 8 nitrogen and oxygen atoms in total. The Kier molecular flexibility index (Phi) is 6.02. The maximum atomic E-state index is 12.7. The number of pyridine rings is 1. The van der Waals surface area contributed by atoms with Gasteiger partial charge in [-0.3, -0.25) is 4.57 Å². The van der Waals surface area contributed by atoms with Gasteiger partial charge in [0.05, 0.1) is 19.4 Å². The molecule has 4 rings (SSSR count). The van der Waals surface area contributed by atoms with E-state index >= 15 is 0 Å². The van der Waals surface area contributed by atoms with Gasteiger partial charge < -0.3 is 5.73 Å². The Balaban J connectivity index is 0.00000225. The lowest BCUT2D eigenvalue weighted by molar-refractivity contribution is 0.604.